The molecule has 0 aliphatic rings. The van der Waals surface area contributed by atoms with Crippen LogP contribution >= 0.6 is 11.3 Å². The monoisotopic (exact) mass is 330 g/mol. The SMILES string of the molecule is CCCc1nc(NCCc2nc3ccccc3[nH]2)sc1C(=O)O. The van der Waals surface area contributed by atoms with Gasteiger partial charge in [-0.1, -0.05) is 36.8 Å². The highest BCUT2D eigenvalue weighted by atomic mass is 32.1. The molecule has 2 heterocycles. The molecule has 6 nitrogen and oxygen atoms in total. The summed E-state index contributed by atoms with van der Waals surface area (Å²) in [6.45, 7) is 2.66. The van der Waals surface area contributed by atoms with Gasteiger partial charge in [-0.25, -0.2) is 14.8 Å². The number of rotatable bonds is 7. The number of benzene rings is 1. The van der Waals surface area contributed by atoms with Gasteiger partial charge in [0.25, 0.3) is 0 Å². The van der Waals surface area contributed by atoms with Crippen LogP contribution in [0.25, 0.3) is 11.0 Å². The van der Waals surface area contributed by atoms with Crippen LogP contribution < -0.4 is 5.32 Å². The normalized spacial score (nSPS) is 11.0. The van der Waals surface area contributed by atoms with Crippen LogP contribution in [0.5, 0.6) is 0 Å². The van der Waals surface area contributed by atoms with Gasteiger partial charge in [0.05, 0.1) is 16.7 Å². The number of hydrogen-bond acceptors (Lipinski definition) is 5. The molecule has 3 rings (SSSR count). The third-order valence-corrected chi connectivity index (χ3v) is 4.50. The Bertz CT molecular complexity index is 791. The fourth-order valence-electron chi connectivity index (χ4n) is 2.41. The first-order valence-electron chi connectivity index (χ1n) is 7.58. The molecular formula is C16H18N4O2S. The molecule has 120 valence electrons. The van der Waals surface area contributed by atoms with Crippen LogP contribution in [0, 0.1) is 0 Å². The fourth-order valence-corrected chi connectivity index (χ4v) is 3.29. The van der Waals surface area contributed by atoms with Gasteiger partial charge in [0, 0.05) is 13.0 Å². The van der Waals surface area contributed by atoms with Crippen LogP contribution in [-0.4, -0.2) is 32.6 Å². The predicted octanol–water partition coefficient (Wildman–Crippen LogP) is 3.32. The third-order valence-electron chi connectivity index (χ3n) is 3.45. The number of aromatic nitrogens is 3. The zero-order chi connectivity index (χ0) is 16.2. The van der Waals surface area contributed by atoms with Crippen molar-refractivity contribution in [1.29, 1.82) is 0 Å². The number of carboxylic acids is 1. The number of aryl methyl sites for hydroxylation is 1. The Balaban J connectivity index is 1.64. The average molecular weight is 330 g/mol. The Morgan fingerprint density at radius 1 is 1.30 bits per heavy atom. The molecule has 0 unspecified atom stereocenters. The molecule has 0 saturated heterocycles. The van der Waals surface area contributed by atoms with E-state index < -0.39 is 5.97 Å². The standard InChI is InChI=1S/C16H18N4O2S/c1-2-5-12-14(15(21)22)23-16(20-12)17-9-8-13-18-10-6-3-4-7-11(10)19-13/h3-4,6-7H,2,5,8-9H2,1H3,(H,17,20)(H,18,19)(H,21,22). The largest absolute Gasteiger partial charge is 0.477 e. The first-order chi connectivity index (χ1) is 11.2. The summed E-state index contributed by atoms with van der Waals surface area (Å²) in [5.41, 5.74) is 2.64. The molecule has 0 amide bonds. The average Bonchev–Trinajstić information content (AvgIpc) is 3.11. The van der Waals surface area contributed by atoms with Crippen molar-refractivity contribution >= 4 is 33.5 Å². The first-order valence-corrected chi connectivity index (χ1v) is 8.39. The molecule has 0 radical (unpaired) electrons. The van der Waals surface area contributed by atoms with Crippen molar-refractivity contribution in [2.45, 2.75) is 26.2 Å². The van der Waals surface area contributed by atoms with E-state index in [0.29, 0.717) is 28.7 Å². The number of imidazole rings is 1. The smallest absolute Gasteiger partial charge is 0.347 e. The second-order valence-corrected chi connectivity index (χ2v) is 6.23. The zero-order valence-electron chi connectivity index (χ0n) is 12.8. The zero-order valence-corrected chi connectivity index (χ0v) is 13.6. The van der Waals surface area contributed by atoms with Crippen LogP contribution in [0.3, 0.4) is 0 Å². The van der Waals surface area contributed by atoms with Crippen molar-refractivity contribution in [1.82, 2.24) is 15.0 Å². The minimum Gasteiger partial charge on any atom is -0.477 e. The molecule has 3 aromatic rings. The van der Waals surface area contributed by atoms with E-state index in [-0.39, 0.29) is 0 Å². The van der Waals surface area contributed by atoms with Gasteiger partial charge in [0.2, 0.25) is 0 Å². The minimum absolute atomic E-state index is 0.332. The maximum atomic E-state index is 11.2. The minimum atomic E-state index is -0.906. The number of hydrogen-bond donors (Lipinski definition) is 3. The van der Waals surface area contributed by atoms with E-state index in [4.69, 9.17) is 0 Å². The Morgan fingerprint density at radius 2 is 2.13 bits per heavy atom. The summed E-state index contributed by atoms with van der Waals surface area (Å²) in [6, 6.07) is 7.90. The number of carbonyl (C=O) groups is 1. The number of fused-ring (bicyclic) bond motifs is 1. The Hall–Kier alpha value is -2.41. The molecule has 0 aliphatic carbocycles. The topological polar surface area (TPSA) is 90.9 Å². The summed E-state index contributed by atoms with van der Waals surface area (Å²) in [6.07, 6.45) is 2.28. The maximum absolute atomic E-state index is 11.2. The number of anilines is 1. The van der Waals surface area contributed by atoms with Crippen LogP contribution in [0.15, 0.2) is 24.3 Å². The molecule has 0 atom stereocenters. The van der Waals surface area contributed by atoms with Crippen molar-refractivity contribution in [2.75, 3.05) is 11.9 Å². The lowest BCUT2D eigenvalue weighted by molar-refractivity contribution is 0.0700. The van der Waals surface area contributed by atoms with Gasteiger partial charge in [-0.3, -0.25) is 0 Å². The third kappa shape index (κ3) is 3.50. The summed E-state index contributed by atoms with van der Waals surface area (Å²) < 4.78 is 0. The van der Waals surface area contributed by atoms with Crippen molar-refractivity contribution in [3.8, 4) is 0 Å². The van der Waals surface area contributed by atoms with Gasteiger partial charge in [0.15, 0.2) is 5.13 Å². The molecular weight excluding hydrogens is 312 g/mol. The Kier molecular flexibility index (Phi) is 4.57. The van der Waals surface area contributed by atoms with Gasteiger partial charge in [-0.2, -0.15) is 0 Å². The summed E-state index contributed by atoms with van der Waals surface area (Å²) in [4.78, 5) is 23.7. The van der Waals surface area contributed by atoms with Gasteiger partial charge in [0.1, 0.15) is 10.7 Å². The second-order valence-electron chi connectivity index (χ2n) is 5.23. The van der Waals surface area contributed by atoms with Crippen LogP contribution in [0.4, 0.5) is 5.13 Å². The maximum Gasteiger partial charge on any atom is 0.347 e. The van der Waals surface area contributed by atoms with Gasteiger partial charge in [-0.15, -0.1) is 0 Å². The predicted molar refractivity (Wildman–Crippen MR) is 91.4 cm³/mol. The highest BCUT2D eigenvalue weighted by molar-refractivity contribution is 7.17. The summed E-state index contributed by atoms with van der Waals surface area (Å²) in [5, 5.41) is 13.1. The quantitative estimate of drug-likeness (QED) is 0.618. The van der Waals surface area contributed by atoms with Crippen LogP contribution in [0.1, 0.15) is 34.5 Å². The van der Waals surface area contributed by atoms with Gasteiger partial charge in [-0.05, 0) is 18.6 Å². The molecule has 7 heteroatoms. The number of nitrogens with zero attached hydrogens (tertiary/aromatic N) is 2. The number of aromatic carboxylic acids is 1. The van der Waals surface area contributed by atoms with Crippen molar-refractivity contribution in [2.24, 2.45) is 0 Å². The Morgan fingerprint density at radius 3 is 2.87 bits per heavy atom. The van der Waals surface area contributed by atoms with Gasteiger partial charge >= 0.3 is 5.97 Å². The lowest BCUT2D eigenvalue weighted by Gasteiger charge is -1.99. The summed E-state index contributed by atoms with van der Waals surface area (Å²) in [7, 11) is 0. The molecule has 0 aliphatic heterocycles. The lowest BCUT2D eigenvalue weighted by Crippen LogP contribution is -2.05. The number of carboxylic acid groups (broad SMARTS) is 1. The van der Waals surface area contributed by atoms with E-state index in [1.165, 1.54) is 11.3 Å². The van der Waals surface area contributed by atoms with E-state index >= 15 is 0 Å². The number of thiazole rings is 1. The Labute approximate surface area is 137 Å². The van der Waals surface area contributed by atoms with Crippen molar-refractivity contribution < 1.29 is 9.90 Å². The van der Waals surface area contributed by atoms with E-state index in [2.05, 4.69) is 20.3 Å². The second kappa shape index (κ2) is 6.78. The lowest BCUT2D eigenvalue weighted by atomic mass is 10.2. The van der Waals surface area contributed by atoms with Crippen LogP contribution in [0.2, 0.25) is 0 Å². The van der Waals surface area contributed by atoms with E-state index in [1.807, 2.05) is 31.2 Å². The number of nitrogens with one attached hydrogen (secondary N) is 2. The van der Waals surface area contributed by atoms with Crippen LogP contribution in [-0.2, 0) is 12.8 Å². The molecule has 3 N–H and O–H groups in total. The number of aromatic amines is 1. The summed E-state index contributed by atoms with van der Waals surface area (Å²) >= 11 is 1.20. The molecule has 1 aromatic carbocycles. The summed E-state index contributed by atoms with van der Waals surface area (Å²) in [5.74, 6) is -0.00113. The first kappa shape index (κ1) is 15.5. The molecule has 2 aromatic heterocycles. The number of H-pyrrole nitrogens is 1. The number of para-hydroxylation sites is 2. The van der Waals surface area contributed by atoms with E-state index in [0.717, 1.165) is 29.7 Å². The molecule has 0 fully saturated rings. The van der Waals surface area contributed by atoms with Crippen molar-refractivity contribution in [3.05, 3.63) is 40.7 Å². The molecule has 23 heavy (non-hydrogen) atoms. The van der Waals surface area contributed by atoms with Crippen molar-refractivity contribution in [3.63, 3.8) is 0 Å². The molecule has 0 spiro atoms. The molecule has 0 saturated carbocycles. The van der Waals surface area contributed by atoms with E-state index in [1.54, 1.807) is 0 Å². The van der Waals surface area contributed by atoms with E-state index in [9.17, 15) is 9.90 Å². The molecule has 0 bridgehead atoms. The highest BCUT2D eigenvalue weighted by Crippen LogP contribution is 2.24. The fraction of sp³-hybridized carbons (Fsp3) is 0.312. The van der Waals surface area contributed by atoms with Gasteiger partial charge < -0.3 is 15.4 Å². The highest BCUT2D eigenvalue weighted by Gasteiger charge is 2.16.